The molecule has 0 atom stereocenters. The smallest absolute Gasteiger partial charge is 0.0482 e. The molecule has 2 rings (SSSR count). The van der Waals surface area contributed by atoms with Crippen molar-refractivity contribution >= 4 is 16.6 Å². The van der Waals surface area contributed by atoms with Gasteiger partial charge in [-0.05, 0) is 37.9 Å². The summed E-state index contributed by atoms with van der Waals surface area (Å²) < 4.78 is 2.15. The molecule has 2 aromatic rings. The second-order valence-electron chi connectivity index (χ2n) is 4.28. The third-order valence-corrected chi connectivity index (χ3v) is 2.58. The molecule has 0 unspecified atom stereocenters. The first-order valence-electron chi connectivity index (χ1n) is 5.06. The highest BCUT2D eigenvalue weighted by molar-refractivity contribution is 5.86. The van der Waals surface area contributed by atoms with Gasteiger partial charge in [0.05, 0.1) is 0 Å². The average Bonchev–Trinajstić information content (AvgIpc) is 2.42. The zero-order valence-corrected chi connectivity index (χ0v) is 9.49. The SMILES string of the molecule is CN(C)Cc1cn(C)c2ccc(N)cc12. The van der Waals surface area contributed by atoms with Crippen molar-refractivity contribution in [2.45, 2.75) is 6.54 Å². The molecule has 3 nitrogen and oxygen atoms in total. The molecule has 80 valence electrons. The van der Waals surface area contributed by atoms with Crippen LogP contribution in [-0.2, 0) is 13.6 Å². The quantitative estimate of drug-likeness (QED) is 0.755. The van der Waals surface area contributed by atoms with Gasteiger partial charge in [-0.25, -0.2) is 0 Å². The van der Waals surface area contributed by atoms with Crippen LogP contribution in [0.2, 0.25) is 0 Å². The molecule has 0 aliphatic carbocycles. The van der Waals surface area contributed by atoms with Crippen LogP contribution in [0.15, 0.2) is 24.4 Å². The maximum absolute atomic E-state index is 5.81. The van der Waals surface area contributed by atoms with Crippen molar-refractivity contribution in [3.05, 3.63) is 30.0 Å². The van der Waals surface area contributed by atoms with E-state index in [-0.39, 0.29) is 0 Å². The lowest BCUT2D eigenvalue weighted by Crippen LogP contribution is -2.10. The second-order valence-corrected chi connectivity index (χ2v) is 4.28. The molecule has 0 aliphatic rings. The molecule has 3 heteroatoms. The standard InChI is InChI=1S/C12H17N3/c1-14(2)7-9-8-15(3)12-5-4-10(13)6-11(9)12/h4-6,8H,7,13H2,1-3H3. The Morgan fingerprint density at radius 1 is 1.33 bits per heavy atom. The van der Waals surface area contributed by atoms with Crippen LogP contribution < -0.4 is 5.73 Å². The van der Waals surface area contributed by atoms with Crippen LogP contribution in [0.3, 0.4) is 0 Å². The number of benzene rings is 1. The molecule has 0 saturated heterocycles. The number of nitrogen functional groups attached to an aromatic ring is 1. The van der Waals surface area contributed by atoms with Crippen molar-refractivity contribution in [1.29, 1.82) is 0 Å². The summed E-state index contributed by atoms with van der Waals surface area (Å²) in [6, 6.07) is 6.07. The number of nitrogens with zero attached hydrogens (tertiary/aromatic N) is 2. The van der Waals surface area contributed by atoms with Crippen LogP contribution in [0.25, 0.3) is 10.9 Å². The summed E-state index contributed by atoms with van der Waals surface area (Å²) in [7, 11) is 6.22. The summed E-state index contributed by atoms with van der Waals surface area (Å²) in [5, 5.41) is 1.26. The van der Waals surface area contributed by atoms with E-state index in [4.69, 9.17) is 5.73 Å². The van der Waals surface area contributed by atoms with Crippen LogP contribution in [-0.4, -0.2) is 23.6 Å². The average molecular weight is 203 g/mol. The molecule has 0 radical (unpaired) electrons. The van der Waals surface area contributed by atoms with Crippen molar-refractivity contribution in [1.82, 2.24) is 9.47 Å². The Balaban J connectivity index is 2.59. The summed E-state index contributed by atoms with van der Waals surface area (Å²) >= 11 is 0. The molecule has 0 bridgehead atoms. The lowest BCUT2D eigenvalue weighted by Gasteiger charge is -2.07. The second kappa shape index (κ2) is 3.59. The summed E-state index contributed by atoms with van der Waals surface area (Å²) in [6.07, 6.45) is 2.17. The zero-order valence-electron chi connectivity index (χ0n) is 9.49. The molecule has 2 N–H and O–H groups in total. The lowest BCUT2D eigenvalue weighted by atomic mass is 10.1. The number of hydrogen-bond acceptors (Lipinski definition) is 2. The minimum atomic E-state index is 0.828. The maximum Gasteiger partial charge on any atom is 0.0482 e. The van der Waals surface area contributed by atoms with Gasteiger partial charge in [-0.2, -0.15) is 0 Å². The van der Waals surface area contributed by atoms with Gasteiger partial charge in [0.1, 0.15) is 0 Å². The Morgan fingerprint density at radius 3 is 2.73 bits per heavy atom. The largest absolute Gasteiger partial charge is 0.399 e. The first-order chi connectivity index (χ1) is 7.08. The number of anilines is 1. The molecular formula is C12H17N3. The Labute approximate surface area is 90.1 Å². The number of rotatable bonds is 2. The Bertz CT molecular complexity index is 483. The zero-order chi connectivity index (χ0) is 11.0. The Hall–Kier alpha value is -1.48. The van der Waals surface area contributed by atoms with E-state index in [2.05, 4.69) is 42.9 Å². The predicted octanol–water partition coefficient (Wildman–Crippen LogP) is 1.82. The predicted molar refractivity (Wildman–Crippen MR) is 64.7 cm³/mol. The van der Waals surface area contributed by atoms with E-state index in [0.29, 0.717) is 0 Å². The summed E-state index contributed by atoms with van der Waals surface area (Å²) in [4.78, 5) is 2.16. The van der Waals surface area contributed by atoms with Crippen LogP contribution in [0.1, 0.15) is 5.56 Å². The number of hydrogen-bond donors (Lipinski definition) is 1. The van der Waals surface area contributed by atoms with Gasteiger partial charge in [-0.1, -0.05) is 0 Å². The van der Waals surface area contributed by atoms with Crippen molar-refractivity contribution in [2.24, 2.45) is 7.05 Å². The van der Waals surface area contributed by atoms with E-state index in [1.807, 2.05) is 12.1 Å². The van der Waals surface area contributed by atoms with Crippen molar-refractivity contribution in [2.75, 3.05) is 19.8 Å². The van der Waals surface area contributed by atoms with E-state index in [9.17, 15) is 0 Å². The molecule has 0 saturated carbocycles. The van der Waals surface area contributed by atoms with Crippen molar-refractivity contribution < 1.29 is 0 Å². The monoisotopic (exact) mass is 203 g/mol. The van der Waals surface area contributed by atoms with Gasteiger partial charge in [-0.15, -0.1) is 0 Å². The lowest BCUT2D eigenvalue weighted by molar-refractivity contribution is 0.404. The van der Waals surface area contributed by atoms with E-state index in [1.165, 1.54) is 16.5 Å². The normalized spacial score (nSPS) is 11.5. The van der Waals surface area contributed by atoms with E-state index < -0.39 is 0 Å². The third kappa shape index (κ3) is 1.83. The van der Waals surface area contributed by atoms with Gasteiger partial charge in [0, 0.05) is 36.4 Å². The summed E-state index contributed by atoms with van der Waals surface area (Å²) in [5.74, 6) is 0. The number of fused-ring (bicyclic) bond motifs is 1. The van der Waals surface area contributed by atoms with Gasteiger partial charge in [0.15, 0.2) is 0 Å². The molecule has 0 aliphatic heterocycles. The molecule has 1 aromatic carbocycles. The third-order valence-electron chi connectivity index (χ3n) is 2.58. The first kappa shape index (κ1) is 10.1. The molecule has 1 heterocycles. The Morgan fingerprint density at radius 2 is 2.07 bits per heavy atom. The Kier molecular flexibility index (Phi) is 2.40. The maximum atomic E-state index is 5.81. The van der Waals surface area contributed by atoms with Crippen LogP contribution in [0.4, 0.5) is 5.69 Å². The topological polar surface area (TPSA) is 34.2 Å². The fraction of sp³-hybridized carbons (Fsp3) is 0.333. The molecule has 0 amide bonds. The van der Waals surface area contributed by atoms with Gasteiger partial charge >= 0.3 is 0 Å². The molecule has 0 fully saturated rings. The minimum Gasteiger partial charge on any atom is -0.399 e. The van der Waals surface area contributed by atoms with Gasteiger partial charge < -0.3 is 15.2 Å². The van der Waals surface area contributed by atoms with E-state index in [0.717, 1.165) is 12.2 Å². The molecule has 0 spiro atoms. The van der Waals surface area contributed by atoms with Crippen LogP contribution >= 0.6 is 0 Å². The van der Waals surface area contributed by atoms with Crippen LogP contribution in [0.5, 0.6) is 0 Å². The highest BCUT2D eigenvalue weighted by atomic mass is 15.1. The first-order valence-corrected chi connectivity index (χ1v) is 5.06. The van der Waals surface area contributed by atoms with Crippen molar-refractivity contribution in [3.8, 4) is 0 Å². The molecule has 1 aromatic heterocycles. The highest BCUT2D eigenvalue weighted by Gasteiger charge is 2.07. The fourth-order valence-electron chi connectivity index (χ4n) is 1.96. The number of nitrogens with two attached hydrogens (primary N) is 1. The van der Waals surface area contributed by atoms with E-state index >= 15 is 0 Å². The number of aromatic nitrogens is 1. The molecular weight excluding hydrogens is 186 g/mol. The van der Waals surface area contributed by atoms with Gasteiger partial charge in [-0.3, -0.25) is 0 Å². The van der Waals surface area contributed by atoms with E-state index in [1.54, 1.807) is 0 Å². The van der Waals surface area contributed by atoms with Gasteiger partial charge in [0.25, 0.3) is 0 Å². The summed E-state index contributed by atoms with van der Waals surface area (Å²) in [5.41, 5.74) is 9.20. The number of aryl methyl sites for hydroxylation is 1. The highest BCUT2D eigenvalue weighted by Crippen LogP contribution is 2.23. The van der Waals surface area contributed by atoms with Crippen molar-refractivity contribution in [3.63, 3.8) is 0 Å². The molecule has 15 heavy (non-hydrogen) atoms. The van der Waals surface area contributed by atoms with Gasteiger partial charge in [0.2, 0.25) is 0 Å². The van der Waals surface area contributed by atoms with Crippen LogP contribution in [0, 0.1) is 0 Å². The summed E-state index contributed by atoms with van der Waals surface area (Å²) in [6.45, 7) is 0.945. The minimum absolute atomic E-state index is 0.828. The fourth-order valence-corrected chi connectivity index (χ4v) is 1.96.